The molecule has 0 unspecified atom stereocenters. The number of thioether (sulfide) groups is 1. The third-order valence-electron chi connectivity index (χ3n) is 4.39. The highest BCUT2D eigenvalue weighted by molar-refractivity contribution is 7.99. The van der Waals surface area contributed by atoms with E-state index in [1.54, 1.807) is 45.6 Å². The molecule has 0 radical (unpaired) electrons. The number of carbonyl (C=O) groups is 1. The van der Waals surface area contributed by atoms with Crippen molar-refractivity contribution in [2.75, 3.05) is 32.4 Å². The number of carbonyl (C=O) groups excluding carboxylic acids is 1. The van der Waals surface area contributed by atoms with E-state index in [2.05, 4.69) is 22.1 Å². The number of aromatic nitrogens is 3. The minimum Gasteiger partial charge on any atom is -0.497 e. The summed E-state index contributed by atoms with van der Waals surface area (Å²) in [4.78, 5) is 12.6. The normalized spacial score (nSPS) is 10.4. The molecule has 162 valence electrons. The number of hydrogen-bond donors (Lipinski definition) is 1. The van der Waals surface area contributed by atoms with E-state index in [9.17, 15) is 4.79 Å². The second-order valence-electron chi connectivity index (χ2n) is 6.34. The van der Waals surface area contributed by atoms with Gasteiger partial charge in [-0.3, -0.25) is 9.36 Å². The number of allylic oxidation sites excluding steroid dienone is 1. The quantitative estimate of drug-likeness (QED) is 0.378. The molecule has 0 fully saturated rings. The fraction of sp³-hybridized carbons (Fsp3) is 0.227. The van der Waals surface area contributed by atoms with Gasteiger partial charge in [0.15, 0.2) is 11.0 Å². The molecule has 0 aliphatic carbocycles. The summed E-state index contributed by atoms with van der Waals surface area (Å²) < 4.78 is 17.6. The fourth-order valence-corrected chi connectivity index (χ4v) is 3.62. The largest absolute Gasteiger partial charge is 0.497 e. The summed E-state index contributed by atoms with van der Waals surface area (Å²) in [5.41, 5.74) is 1.44. The van der Waals surface area contributed by atoms with Crippen LogP contribution in [0.15, 0.2) is 60.3 Å². The Morgan fingerprint density at radius 1 is 1.06 bits per heavy atom. The molecule has 1 amide bonds. The maximum atomic E-state index is 12.6. The Morgan fingerprint density at radius 2 is 1.77 bits per heavy atom. The minimum atomic E-state index is -0.198. The summed E-state index contributed by atoms with van der Waals surface area (Å²) in [5, 5.41) is 12.1. The first-order valence-corrected chi connectivity index (χ1v) is 10.4. The SMILES string of the molecule is C=CCn1c(SCC(=O)Nc2cc(OC)ccc2OC)nnc1-c1ccc(OC)cc1. The summed E-state index contributed by atoms with van der Waals surface area (Å²) in [7, 11) is 4.73. The van der Waals surface area contributed by atoms with Gasteiger partial charge in [-0.05, 0) is 36.4 Å². The van der Waals surface area contributed by atoms with Gasteiger partial charge in [-0.2, -0.15) is 0 Å². The van der Waals surface area contributed by atoms with Gasteiger partial charge >= 0.3 is 0 Å². The highest BCUT2D eigenvalue weighted by Crippen LogP contribution is 2.30. The van der Waals surface area contributed by atoms with Gasteiger partial charge < -0.3 is 19.5 Å². The van der Waals surface area contributed by atoms with Crippen molar-refractivity contribution in [3.63, 3.8) is 0 Å². The first kappa shape index (κ1) is 22.2. The molecule has 31 heavy (non-hydrogen) atoms. The molecule has 0 bridgehead atoms. The van der Waals surface area contributed by atoms with Crippen molar-refractivity contribution in [3.05, 3.63) is 55.1 Å². The van der Waals surface area contributed by atoms with Gasteiger partial charge in [0.2, 0.25) is 5.91 Å². The van der Waals surface area contributed by atoms with Crippen LogP contribution in [0.2, 0.25) is 0 Å². The van der Waals surface area contributed by atoms with Gasteiger partial charge in [0, 0.05) is 18.2 Å². The van der Waals surface area contributed by atoms with E-state index < -0.39 is 0 Å². The Morgan fingerprint density at radius 3 is 2.42 bits per heavy atom. The Kier molecular flexibility index (Phi) is 7.55. The molecule has 0 atom stereocenters. The van der Waals surface area contributed by atoms with Crippen LogP contribution in [0.1, 0.15) is 0 Å². The lowest BCUT2D eigenvalue weighted by atomic mass is 10.2. The average molecular weight is 441 g/mol. The van der Waals surface area contributed by atoms with Gasteiger partial charge in [-0.15, -0.1) is 16.8 Å². The average Bonchev–Trinajstić information content (AvgIpc) is 3.20. The molecule has 2 aromatic carbocycles. The molecule has 1 aromatic heterocycles. The van der Waals surface area contributed by atoms with Crippen molar-refractivity contribution in [2.24, 2.45) is 0 Å². The van der Waals surface area contributed by atoms with E-state index in [0.29, 0.717) is 34.7 Å². The summed E-state index contributed by atoms with van der Waals surface area (Å²) in [6.07, 6.45) is 1.77. The van der Waals surface area contributed by atoms with E-state index >= 15 is 0 Å². The van der Waals surface area contributed by atoms with Crippen molar-refractivity contribution >= 4 is 23.4 Å². The molecule has 0 spiro atoms. The molecule has 0 saturated carbocycles. The van der Waals surface area contributed by atoms with Crippen LogP contribution >= 0.6 is 11.8 Å². The van der Waals surface area contributed by atoms with Crippen LogP contribution in [0.3, 0.4) is 0 Å². The van der Waals surface area contributed by atoms with Crippen molar-refractivity contribution < 1.29 is 19.0 Å². The van der Waals surface area contributed by atoms with Crippen molar-refractivity contribution in [2.45, 2.75) is 11.7 Å². The van der Waals surface area contributed by atoms with Crippen LogP contribution < -0.4 is 19.5 Å². The number of benzene rings is 2. The third kappa shape index (κ3) is 5.37. The molecule has 1 heterocycles. The van der Waals surface area contributed by atoms with E-state index in [1.807, 2.05) is 28.8 Å². The Balaban J connectivity index is 1.73. The van der Waals surface area contributed by atoms with Gasteiger partial charge in [0.1, 0.15) is 17.2 Å². The van der Waals surface area contributed by atoms with Gasteiger partial charge in [0.25, 0.3) is 0 Å². The second-order valence-corrected chi connectivity index (χ2v) is 7.28. The Labute approximate surface area is 185 Å². The molecule has 0 aliphatic heterocycles. The Bertz CT molecular complexity index is 1050. The second kappa shape index (κ2) is 10.5. The van der Waals surface area contributed by atoms with E-state index in [4.69, 9.17) is 14.2 Å². The summed E-state index contributed by atoms with van der Waals surface area (Å²) >= 11 is 1.29. The predicted molar refractivity (Wildman–Crippen MR) is 121 cm³/mol. The number of hydrogen-bond acceptors (Lipinski definition) is 7. The van der Waals surface area contributed by atoms with Crippen molar-refractivity contribution in [1.29, 1.82) is 0 Å². The summed E-state index contributed by atoms with van der Waals surface area (Å²) in [6.45, 7) is 4.33. The molecule has 3 rings (SSSR count). The van der Waals surface area contributed by atoms with Gasteiger partial charge in [-0.25, -0.2) is 0 Å². The number of rotatable bonds is 10. The number of nitrogens with zero attached hydrogens (tertiary/aromatic N) is 3. The number of amides is 1. The highest BCUT2D eigenvalue weighted by atomic mass is 32.2. The van der Waals surface area contributed by atoms with Crippen LogP contribution in [0.5, 0.6) is 17.2 Å². The standard InChI is InChI=1S/C22H24N4O4S/c1-5-12-26-21(15-6-8-16(28-2)9-7-15)24-25-22(26)31-14-20(27)23-18-13-17(29-3)10-11-19(18)30-4/h5-11,13H,1,12,14H2,2-4H3,(H,23,27). The lowest BCUT2D eigenvalue weighted by Crippen LogP contribution is -2.15. The number of methoxy groups -OCH3 is 3. The van der Waals surface area contributed by atoms with Crippen LogP contribution in [0.4, 0.5) is 5.69 Å². The molecule has 0 saturated heterocycles. The van der Waals surface area contributed by atoms with Crippen LogP contribution in [0.25, 0.3) is 11.4 Å². The maximum absolute atomic E-state index is 12.6. The first-order chi connectivity index (χ1) is 15.1. The lowest BCUT2D eigenvalue weighted by molar-refractivity contribution is -0.113. The zero-order valence-corrected chi connectivity index (χ0v) is 18.4. The fourth-order valence-electron chi connectivity index (χ4n) is 2.87. The monoisotopic (exact) mass is 440 g/mol. The van der Waals surface area contributed by atoms with Crippen LogP contribution in [0, 0.1) is 0 Å². The van der Waals surface area contributed by atoms with Crippen molar-refractivity contribution in [3.8, 4) is 28.6 Å². The number of nitrogens with one attached hydrogen (secondary N) is 1. The Hall–Kier alpha value is -3.46. The van der Waals surface area contributed by atoms with E-state index in [0.717, 1.165) is 11.3 Å². The molecule has 3 aromatic rings. The van der Waals surface area contributed by atoms with E-state index in [1.165, 1.54) is 11.8 Å². The van der Waals surface area contributed by atoms with E-state index in [-0.39, 0.29) is 11.7 Å². The van der Waals surface area contributed by atoms with Crippen LogP contribution in [-0.2, 0) is 11.3 Å². The molecule has 1 N–H and O–H groups in total. The molecular formula is C22H24N4O4S. The summed E-state index contributed by atoms with van der Waals surface area (Å²) in [5.74, 6) is 2.58. The third-order valence-corrected chi connectivity index (χ3v) is 5.36. The first-order valence-electron chi connectivity index (χ1n) is 9.42. The molecular weight excluding hydrogens is 416 g/mol. The molecule has 0 aliphatic rings. The zero-order chi connectivity index (χ0) is 22.2. The minimum absolute atomic E-state index is 0.151. The van der Waals surface area contributed by atoms with Gasteiger partial charge in [-0.1, -0.05) is 17.8 Å². The highest BCUT2D eigenvalue weighted by Gasteiger charge is 2.16. The smallest absolute Gasteiger partial charge is 0.234 e. The predicted octanol–water partition coefficient (Wildman–Crippen LogP) is 3.89. The maximum Gasteiger partial charge on any atom is 0.234 e. The lowest BCUT2D eigenvalue weighted by Gasteiger charge is -2.12. The molecule has 9 heteroatoms. The van der Waals surface area contributed by atoms with Crippen LogP contribution in [-0.4, -0.2) is 47.8 Å². The zero-order valence-electron chi connectivity index (χ0n) is 17.6. The van der Waals surface area contributed by atoms with Crippen molar-refractivity contribution in [1.82, 2.24) is 14.8 Å². The van der Waals surface area contributed by atoms with Gasteiger partial charge in [0.05, 0.1) is 32.8 Å². The number of ether oxygens (including phenoxy) is 3. The topological polar surface area (TPSA) is 87.5 Å². The number of anilines is 1. The molecule has 8 nitrogen and oxygen atoms in total. The summed E-state index contributed by atoms with van der Waals surface area (Å²) in [6, 6.07) is 12.8.